The number of esters is 1. The summed E-state index contributed by atoms with van der Waals surface area (Å²) in [5.41, 5.74) is 8.74. The van der Waals surface area contributed by atoms with Crippen molar-refractivity contribution in [2.75, 3.05) is 18.2 Å². The molecule has 3 N–H and O–H groups in total. The third kappa shape index (κ3) is 4.65. The van der Waals surface area contributed by atoms with Crippen molar-refractivity contribution in [2.45, 2.75) is 0 Å². The second-order valence-corrected chi connectivity index (χ2v) is 6.09. The monoisotopic (exact) mass is 372 g/mol. The van der Waals surface area contributed by atoms with Gasteiger partial charge in [0, 0.05) is 23.5 Å². The van der Waals surface area contributed by atoms with Crippen LogP contribution in [0.25, 0.3) is 22.9 Å². The molecule has 0 aliphatic heterocycles. The summed E-state index contributed by atoms with van der Waals surface area (Å²) in [6.07, 6.45) is 6.34. The number of methoxy groups -OCH3 is 1. The molecule has 0 saturated heterocycles. The summed E-state index contributed by atoms with van der Waals surface area (Å²) in [5.74, 6) is -0.657. The highest BCUT2D eigenvalue weighted by molar-refractivity contribution is 6.04. The lowest BCUT2D eigenvalue weighted by atomic mass is 9.99. The van der Waals surface area contributed by atoms with Crippen LogP contribution in [0.4, 0.5) is 11.4 Å². The Balaban J connectivity index is 1.85. The van der Waals surface area contributed by atoms with E-state index in [9.17, 15) is 9.59 Å². The van der Waals surface area contributed by atoms with Crippen LogP contribution in [0.1, 0.15) is 11.1 Å². The van der Waals surface area contributed by atoms with Gasteiger partial charge in [-0.05, 0) is 52.3 Å². The predicted molar refractivity (Wildman–Crippen MR) is 114 cm³/mol. The Morgan fingerprint density at radius 3 is 2.14 bits per heavy atom. The van der Waals surface area contributed by atoms with Crippen molar-refractivity contribution in [2.24, 2.45) is 0 Å². The number of hydrogen-bond donors (Lipinski definition) is 2. The van der Waals surface area contributed by atoms with Crippen LogP contribution in [0.3, 0.4) is 0 Å². The molecule has 0 aromatic heterocycles. The highest BCUT2D eigenvalue weighted by Crippen LogP contribution is 2.25. The molecular weight excluding hydrogens is 352 g/mol. The molecule has 3 aromatic carbocycles. The molecule has 0 aliphatic rings. The zero-order valence-corrected chi connectivity index (χ0v) is 15.4. The van der Waals surface area contributed by atoms with E-state index in [1.165, 1.54) is 19.3 Å². The molecule has 0 bridgehead atoms. The first-order valence-corrected chi connectivity index (χ1v) is 8.69. The lowest BCUT2D eigenvalue weighted by Crippen LogP contribution is -2.07. The molecule has 0 fully saturated rings. The van der Waals surface area contributed by atoms with Gasteiger partial charge in [0.25, 0.3) is 0 Å². The first kappa shape index (κ1) is 18.9. The Labute approximate surface area is 163 Å². The van der Waals surface area contributed by atoms with Gasteiger partial charge in [-0.3, -0.25) is 4.79 Å². The Morgan fingerprint density at radius 1 is 0.893 bits per heavy atom. The molecule has 5 nitrogen and oxygen atoms in total. The average Bonchev–Trinajstić information content (AvgIpc) is 2.70. The number of fused-ring (bicyclic) bond motifs is 1. The van der Waals surface area contributed by atoms with Crippen LogP contribution in [0.5, 0.6) is 0 Å². The Hall–Kier alpha value is -3.86. The van der Waals surface area contributed by atoms with Crippen molar-refractivity contribution in [3.8, 4) is 0 Å². The van der Waals surface area contributed by atoms with Crippen LogP contribution in [0.15, 0.2) is 72.8 Å². The van der Waals surface area contributed by atoms with E-state index in [0.717, 1.165) is 21.9 Å². The lowest BCUT2D eigenvalue weighted by molar-refractivity contribution is -0.134. The van der Waals surface area contributed by atoms with E-state index in [4.69, 9.17) is 5.73 Å². The molecule has 0 aliphatic carbocycles. The van der Waals surface area contributed by atoms with Crippen molar-refractivity contribution in [3.05, 3.63) is 83.9 Å². The van der Waals surface area contributed by atoms with Gasteiger partial charge in [-0.1, -0.05) is 42.5 Å². The average molecular weight is 372 g/mol. The summed E-state index contributed by atoms with van der Waals surface area (Å²) in [6, 6.07) is 18.6. The summed E-state index contributed by atoms with van der Waals surface area (Å²) < 4.78 is 4.64. The van der Waals surface area contributed by atoms with Gasteiger partial charge in [0.05, 0.1) is 7.11 Å². The number of carbonyl (C=O) groups is 2. The van der Waals surface area contributed by atoms with E-state index in [-0.39, 0.29) is 5.91 Å². The lowest BCUT2D eigenvalue weighted by Gasteiger charge is -2.07. The SMILES string of the molecule is COC(=O)/C=C/c1ccc(/C=C/C(=O)Nc2cccc(N)c2)c2ccccc12. The first-order chi connectivity index (χ1) is 13.6. The Kier molecular flexibility index (Phi) is 5.87. The standard InChI is InChI=1S/C23H20N2O3/c1-28-23(27)14-12-17-10-9-16(20-7-2-3-8-21(17)20)11-13-22(26)25-19-6-4-5-18(24)15-19/h2-15H,24H2,1H3,(H,25,26)/b13-11+,14-12+. The smallest absolute Gasteiger partial charge is 0.330 e. The number of ether oxygens (including phenoxy) is 1. The number of nitrogens with two attached hydrogens (primary N) is 1. The third-order valence-electron chi connectivity index (χ3n) is 4.16. The van der Waals surface area contributed by atoms with Gasteiger partial charge in [-0.2, -0.15) is 0 Å². The van der Waals surface area contributed by atoms with Crippen LogP contribution in [-0.2, 0) is 14.3 Å². The number of rotatable bonds is 5. The number of anilines is 2. The number of nitrogens with one attached hydrogen (secondary N) is 1. The molecule has 0 saturated carbocycles. The molecule has 28 heavy (non-hydrogen) atoms. The fraction of sp³-hybridized carbons (Fsp3) is 0.0435. The molecule has 0 spiro atoms. The summed E-state index contributed by atoms with van der Waals surface area (Å²) in [5, 5.41) is 4.73. The van der Waals surface area contributed by atoms with E-state index in [1.54, 1.807) is 36.4 Å². The fourth-order valence-electron chi connectivity index (χ4n) is 2.83. The summed E-state index contributed by atoms with van der Waals surface area (Å²) >= 11 is 0. The second kappa shape index (κ2) is 8.68. The second-order valence-electron chi connectivity index (χ2n) is 6.09. The molecule has 3 aromatic rings. The minimum atomic E-state index is -0.411. The summed E-state index contributed by atoms with van der Waals surface area (Å²) in [4.78, 5) is 23.6. The van der Waals surface area contributed by atoms with Gasteiger partial charge in [0.15, 0.2) is 0 Å². The normalized spacial score (nSPS) is 11.2. The number of carbonyl (C=O) groups excluding carboxylic acids is 2. The minimum Gasteiger partial charge on any atom is -0.466 e. The molecule has 3 rings (SSSR count). The zero-order chi connectivity index (χ0) is 19.9. The predicted octanol–water partition coefficient (Wildman–Crippen LogP) is 4.26. The molecule has 0 radical (unpaired) electrons. The van der Waals surface area contributed by atoms with Crippen LogP contribution < -0.4 is 11.1 Å². The van der Waals surface area contributed by atoms with Gasteiger partial charge in [-0.25, -0.2) is 4.79 Å². The number of nitrogen functional groups attached to an aromatic ring is 1. The maximum atomic E-state index is 12.2. The maximum Gasteiger partial charge on any atom is 0.330 e. The van der Waals surface area contributed by atoms with E-state index in [0.29, 0.717) is 11.4 Å². The molecule has 0 heterocycles. The van der Waals surface area contributed by atoms with Crippen molar-refractivity contribution >= 4 is 46.2 Å². The highest BCUT2D eigenvalue weighted by atomic mass is 16.5. The van der Waals surface area contributed by atoms with Crippen LogP contribution in [-0.4, -0.2) is 19.0 Å². The topological polar surface area (TPSA) is 81.4 Å². The van der Waals surface area contributed by atoms with Gasteiger partial charge < -0.3 is 15.8 Å². The quantitative estimate of drug-likeness (QED) is 0.398. The molecule has 5 heteroatoms. The number of amides is 1. The fourth-order valence-corrected chi connectivity index (χ4v) is 2.83. The van der Waals surface area contributed by atoms with Crippen molar-refractivity contribution < 1.29 is 14.3 Å². The van der Waals surface area contributed by atoms with Crippen LogP contribution in [0, 0.1) is 0 Å². The van der Waals surface area contributed by atoms with E-state index >= 15 is 0 Å². The van der Waals surface area contributed by atoms with E-state index in [1.807, 2.05) is 36.4 Å². The van der Waals surface area contributed by atoms with Gasteiger partial charge >= 0.3 is 5.97 Å². The maximum absolute atomic E-state index is 12.2. The van der Waals surface area contributed by atoms with Crippen molar-refractivity contribution in [1.29, 1.82) is 0 Å². The van der Waals surface area contributed by atoms with Gasteiger partial charge in [-0.15, -0.1) is 0 Å². The number of hydrogen-bond acceptors (Lipinski definition) is 4. The van der Waals surface area contributed by atoms with Crippen LogP contribution >= 0.6 is 0 Å². The van der Waals surface area contributed by atoms with Gasteiger partial charge in [0.2, 0.25) is 5.91 Å². The molecular formula is C23H20N2O3. The van der Waals surface area contributed by atoms with E-state index < -0.39 is 5.97 Å². The molecule has 140 valence electrons. The zero-order valence-electron chi connectivity index (χ0n) is 15.4. The Morgan fingerprint density at radius 2 is 1.54 bits per heavy atom. The van der Waals surface area contributed by atoms with Gasteiger partial charge in [0.1, 0.15) is 0 Å². The third-order valence-corrected chi connectivity index (χ3v) is 4.16. The number of benzene rings is 3. The molecule has 0 atom stereocenters. The molecule has 0 unspecified atom stereocenters. The first-order valence-electron chi connectivity index (χ1n) is 8.69. The van der Waals surface area contributed by atoms with E-state index in [2.05, 4.69) is 10.1 Å². The highest BCUT2D eigenvalue weighted by Gasteiger charge is 2.04. The molecule has 1 amide bonds. The largest absolute Gasteiger partial charge is 0.466 e. The Bertz CT molecular complexity index is 1080. The van der Waals surface area contributed by atoms with Crippen molar-refractivity contribution in [1.82, 2.24) is 0 Å². The summed E-state index contributed by atoms with van der Waals surface area (Å²) in [6.45, 7) is 0. The summed E-state index contributed by atoms with van der Waals surface area (Å²) in [7, 11) is 1.34. The minimum absolute atomic E-state index is 0.246. The van der Waals surface area contributed by atoms with Crippen LogP contribution in [0.2, 0.25) is 0 Å². The van der Waals surface area contributed by atoms with Crippen molar-refractivity contribution in [3.63, 3.8) is 0 Å².